The van der Waals surface area contributed by atoms with Crippen molar-refractivity contribution in [3.63, 3.8) is 0 Å². The Morgan fingerprint density at radius 2 is 2.04 bits per heavy atom. The number of benzene rings is 1. The minimum atomic E-state index is -0.416. The molecule has 0 spiro atoms. The maximum atomic E-state index is 12.8. The Balaban J connectivity index is 1.35. The van der Waals surface area contributed by atoms with E-state index in [-0.39, 0.29) is 12.0 Å². The van der Waals surface area contributed by atoms with Crippen molar-refractivity contribution in [2.45, 2.75) is 31.7 Å². The molecule has 2 unspecified atom stereocenters. The quantitative estimate of drug-likeness (QED) is 0.830. The monoisotopic (exact) mass is 355 g/mol. The molecule has 7 heteroatoms. The fourth-order valence-corrected chi connectivity index (χ4v) is 3.39. The predicted octanol–water partition coefficient (Wildman–Crippen LogP) is 1.61. The summed E-state index contributed by atoms with van der Waals surface area (Å²) in [5, 5.41) is 0. The first-order valence-electron chi connectivity index (χ1n) is 8.73. The summed E-state index contributed by atoms with van der Waals surface area (Å²) in [5.41, 5.74) is 2.35. The Bertz CT molecular complexity index is 798. The number of hydrogen-bond acceptors (Lipinski definition) is 6. The maximum absolute atomic E-state index is 12.8. The molecule has 0 bridgehead atoms. The fourth-order valence-electron chi connectivity index (χ4n) is 3.39. The van der Waals surface area contributed by atoms with Gasteiger partial charge in [-0.15, -0.1) is 0 Å². The van der Waals surface area contributed by atoms with Gasteiger partial charge in [-0.25, -0.2) is 0 Å². The van der Waals surface area contributed by atoms with Crippen molar-refractivity contribution in [2.24, 2.45) is 0 Å². The standard InChI is InChI=1S/C19H21N3O4/c1-24-17-9-20-10-18(21-17)26-15-6-7-22(11-15)19(23)16-8-13-4-2-3-5-14(13)12-25-16/h2-5,9-10,15-16H,6-8,11-12H2,1H3. The Hall–Kier alpha value is -2.67. The predicted molar refractivity (Wildman–Crippen MR) is 92.9 cm³/mol. The molecule has 26 heavy (non-hydrogen) atoms. The van der Waals surface area contributed by atoms with Gasteiger partial charge in [0.05, 0.1) is 32.7 Å². The summed E-state index contributed by atoms with van der Waals surface area (Å²) in [6, 6.07) is 8.11. The SMILES string of the molecule is COc1cncc(OC2CCN(C(=O)C3Cc4ccccc4CO3)C2)n1. The number of nitrogens with zero attached hydrogens (tertiary/aromatic N) is 3. The van der Waals surface area contributed by atoms with Crippen molar-refractivity contribution in [3.8, 4) is 11.8 Å². The van der Waals surface area contributed by atoms with Gasteiger partial charge in [-0.3, -0.25) is 9.78 Å². The highest BCUT2D eigenvalue weighted by atomic mass is 16.5. The summed E-state index contributed by atoms with van der Waals surface area (Å²) < 4.78 is 16.7. The number of fused-ring (bicyclic) bond motifs is 1. The number of rotatable bonds is 4. The third-order valence-electron chi connectivity index (χ3n) is 4.78. The highest BCUT2D eigenvalue weighted by molar-refractivity contribution is 5.82. The molecular formula is C19H21N3O4. The lowest BCUT2D eigenvalue weighted by Crippen LogP contribution is -2.42. The zero-order chi connectivity index (χ0) is 17.9. The van der Waals surface area contributed by atoms with E-state index < -0.39 is 6.10 Å². The van der Waals surface area contributed by atoms with Crippen LogP contribution in [0.15, 0.2) is 36.7 Å². The van der Waals surface area contributed by atoms with E-state index in [4.69, 9.17) is 14.2 Å². The molecule has 0 N–H and O–H groups in total. The number of likely N-dealkylation sites (tertiary alicyclic amines) is 1. The third-order valence-corrected chi connectivity index (χ3v) is 4.78. The molecule has 2 aromatic rings. The summed E-state index contributed by atoms with van der Waals surface area (Å²) in [4.78, 5) is 22.9. The van der Waals surface area contributed by atoms with Crippen LogP contribution in [-0.4, -0.2) is 53.2 Å². The molecule has 3 heterocycles. The number of methoxy groups -OCH3 is 1. The molecule has 1 aromatic heterocycles. The van der Waals surface area contributed by atoms with Crippen LogP contribution >= 0.6 is 0 Å². The van der Waals surface area contributed by atoms with E-state index in [1.807, 2.05) is 23.1 Å². The van der Waals surface area contributed by atoms with Gasteiger partial charge >= 0.3 is 0 Å². The van der Waals surface area contributed by atoms with E-state index in [1.54, 1.807) is 6.20 Å². The summed E-state index contributed by atoms with van der Waals surface area (Å²) >= 11 is 0. The number of carbonyl (C=O) groups is 1. The molecule has 7 nitrogen and oxygen atoms in total. The number of aromatic nitrogens is 2. The first-order valence-corrected chi connectivity index (χ1v) is 8.73. The van der Waals surface area contributed by atoms with E-state index in [1.165, 1.54) is 18.9 Å². The van der Waals surface area contributed by atoms with Crippen LogP contribution in [0.4, 0.5) is 0 Å². The normalized spacial score (nSPS) is 22.0. The van der Waals surface area contributed by atoms with Gasteiger partial charge in [0.15, 0.2) is 0 Å². The van der Waals surface area contributed by atoms with Crippen LogP contribution in [0.5, 0.6) is 11.8 Å². The second kappa shape index (κ2) is 7.29. The van der Waals surface area contributed by atoms with Gasteiger partial charge in [0, 0.05) is 19.4 Å². The molecule has 2 aliphatic heterocycles. The molecular weight excluding hydrogens is 334 g/mol. The molecule has 0 aliphatic carbocycles. The van der Waals surface area contributed by atoms with Crippen molar-refractivity contribution in [3.05, 3.63) is 47.8 Å². The molecule has 2 atom stereocenters. The van der Waals surface area contributed by atoms with Gasteiger partial charge in [-0.2, -0.15) is 4.98 Å². The van der Waals surface area contributed by atoms with Crippen LogP contribution in [0, 0.1) is 0 Å². The molecule has 2 aliphatic rings. The number of hydrogen-bond donors (Lipinski definition) is 0. The number of ether oxygens (including phenoxy) is 3. The Morgan fingerprint density at radius 1 is 1.23 bits per heavy atom. The molecule has 4 rings (SSSR count). The van der Waals surface area contributed by atoms with Gasteiger partial charge < -0.3 is 19.1 Å². The molecule has 1 aromatic carbocycles. The van der Waals surface area contributed by atoms with Crippen LogP contribution in [0.2, 0.25) is 0 Å². The molecule has 1 saturated heterocycles. The first kappa shape index (κ1) is 16.8. The van der Waals surface area contributed by atoms with Crippen molar-refractivity contribution in [1.82, 2.24) is 14.9 Å². The van der Waals surface area contributed by atoms with E-state index >= 15 is 0 Å². The minimum Gasteiger partial charge on any atom is -0.480 e. The van der Waals surface area contributed by atoms with E-state index in [0.717, 1.165) is 12.0 Å². The molecule has 0 saturated carbocycles. The number of carbonyl (C=O) groups excluding carboxylic acids is 1. The van der Waals surface area contributed by atoms with Gasteiger partial charge in [-0.05, 0) is 11.1 Å². The van der Waals surface area contributed by atoms with Crippen molar-refractivity contribution in [1.29, 1.82) is 0 Å². The van der Waals surface area contributed by atoms with Crippen molar-refractivity contribution >= 4 is 5.91 Å². The second-order valence-corrected chi connectivity index (χ2v) is 6.48. The third kappa shape index (κ3) is 3.48. The lowest BCUT2D eigenvalue weighted by atomic mass is 9.98. The zero-order valence-electron chi connectivity index (χ0n) is 14.6. The second-order valence-electron chi connectivity index (χ2n) is 6.48. The highest BCUT2D eigenvalue weighted by Gasteiger charge is 2.34. The topological polar surface area (TPSA) is 73.8 Å². The van der Waals surface area contributed by atoms with Gasteiger partial charge in [0.2, 0.25) is 11.8 Å². The maximum Gasteiger partial charge on any atom is 0.252 e. The molecule has 136 valence electrons. The Labute approximate surface area is 151 Å². The fraction of sp³-hybridized carbons (Fsp3) is 0.421. The van der Waals surface area contributed by atoms with E-state index in [2.05, 4.69) is 16.0 Å². The Morgan fingerprint density at radius 3 is 2.88 bits per heavy atom. The minimum absolute atomic E-state index is 0.0299. The molecule has 1 fully saturated rings. The van der Waals surface area contributed by atoms with Gasteiger partial charge in [0.1, 0.15) is 12.2 Å². The lowest BCUT2D eigenvalue weighted by Gasteiger charge is -2.28. The molecule has 0 radical (unpaired) electrons. The largest absolute Gasteiger partial charge is 0.480 e. The lowest BCUT2D eigenvalue weighted by molar-refractivity contribution is -0.144. The van der Waals surface area contributed by atoms with E-state index in [0.29, 0.717) is 37.9 Å². The smallest absolute Gasteiger partial charge is 0.252 e. The zero-order valence-corrected chi connectivity index (χ0v) is 14.6. The van der Waals surface area contributed by atoms with Crippen LogP contribution in [0.25, 0.3) is 0 Å². The molecule has 1 amide bonds. The summed E-state index contributed by atoms with van der Waals surface area (Å²) in [6.45, 7) is 1.67. The summed E-state index contributed by atoms with van der Waals surface area (Å²) in [6.07, 6.45) is 3.94. The summed E-state index contributed by atoms with van der Waals surface area (Å²) in [7, 11) is 1.53. The highest BCUT2D eigenvalue weighted by Crippen LogP contribution is 2.24. The number of amides is 1. The van der Waals surface area contributed by atoms with Crippen molar-refractivity contribution < 1.29 is 19.0 Å². The van der Waals surface area contributed by atoms with Gasteiger partial charge in [0.25, 0.3) is 5.91 Å². The first-order chi connectivity index (χ1) is 12.7. The average molecular weight is 355 g/mol. The van der Waals surface area contributed by atoms with Crippen LogP contribution in [0.3, 0.4) is 0 Å². The van der Waals surface area contributed by atoms with Crippen LogP contribution in [0.1, 0.15) is 17.5 Å². The van der Waals surface area contributed by atoms with Crippen LogP contribution in [-0.2, 0) is 22.6 Å². The average Bonchev–Trinajstić information content (AvgIpc) is 3.15. The van der Waals surface area contributed by atoms with Crippen molar-refractivity contribution in [2.75, 3.05) is 20.2 Å². The Kier molecular flexibility index (Phi) is 4.71. The van der Waals surface area contributed by atoms with Crippen LogP contribution < -0.4 is 9.47 Å². The van der Waals surface area contributed by atoms with Gasteiger partial charge in [-0.1, -0.05) is 24.3 Å². The summed E-state index contributed by atoms with van der Waals surface area (Å²) in [5.74, 6) is 0.844. The van der Waals surface area contributed by atoms with E-state index in [9.17, 15) is 4.79 Å².